The van der Waals surface area contributed by atoms with E-state index in [1.165, 1.54) is 6.20 Å². The van der Waals surface area contributed by atoms with E-state index in [4.69, 9.17) is 23.7 Å². The highest BCUT2D eigenvalue weighted by Crippen LogP contribution is 2.32. The molecule has 77 heavy (non-hydrogen) atoms. The van der Waals surface area contributed by atoms with Crippen molar-refractivity contribution in [2.24, 2.45) is 0 Å². The fourth-order valence-electron chi connectivity index (χ4n) is 7.64. The number of pyridine rings is 1. The molecule has 1 aromatic heterocycles. The number of hydrogen-bond donors (Lipinski definition) is 6. The number of ether oxygens (including phenoxy) is 5. The van der Waals surface area contributed by atoms with Gasteiger partial charge in [-0.25, -0.2) is 9.18 Å². The summed E-state index contributed by atoms with van der Waals surface area (Å²) in [7, 11) is 0. The summed E-state index contributed by atoms with van der Waals surface area (Å²) in [5.41, 5.74) is -2.03. The third-order valence-electron chi connectivity index (χ3n) is 11.5. The zero-order chi connectivity index (χ0) is 56.2. The number of aromatic nitrogens is 1. The number of likely N-dealkylation sites (tertiary alicyclic amines) is 1. The lowest BCUT2D eigenvalue weighted by Crippen LogP contribution is -2.52. The van der Waals surface area contributed by atoms with E-state index < -0.39 is 76.3 Å². The second-order valence-electron chi connectivity index (χ2n) is 18.8. The second-order valence-corrected chi connectivity index (χ2v) is 18.8. The monoisotopic (exact) mass is 1090 g/mol. The molecule has 1 fully saturated rings. The number of rotatable bonds is 34. The molecule has 0 spiro atoms. The minimum atomic E-state index is -5.00. The number of nitrogens with one attached hydrogen (secondary N) is 6. The summed E-state index contributed by atoms with van der Waals surface area (Å²) in [6.45, 7) is 7.40. The predicted octanol–water partition coefficient (Wildman–Crippen LogP) is 3.51. The maximum Gasteiger partial charge on any atom is 0.419 e. The fraction of sp³-hybridized carbons (Fsp3) is 0.558. The number of amides is 7. The van der Waals surface area contributed by atoms with E-state index in [-0.39, 0.29) is 104 Å². The summed E-state index contributed by atoms with van der Waals surface area (Å²) in [4.78, 5) is 107. The molecule has 6 N–H and O–H groups in total. The summed E-state index contributed by atoms with van der Waals surface area (Å²) in [5.74, 6) is -4.88. The molecule has 1 aliphatic heterocycles. The van der Waals surface area contributed by atoms with Gasteiger partial charge in [-0.05, 0) is 109 Å². The third-order valence-corrected chi connectivity index (χ3v) is 11.5. The lowest BCUT2D eigenvalue weighted by Gasteiger charge is -2.26. The molecule has 25 heteroatoms. The van der Waals surface area contributed by atoms with Crippen LogP contribution in [0.3, 0.4) is 0 Å². The SMILES string of the molecule is CC(C)(C)OC(=O)C(CCCCNC=O)NC(=O)C(CCCCNC(=O)c1ccc(F)c(C(F)(F)F)c1)NC(=O)CCOCCOCCOCCNC(=O)COc1ccc2c(C(=O)NCC(=O)N3CCCC3)ccnc2c1. The Morgan fingerprint density at radius 2 is 1.40 bits per heavy atom. The van der Waals surface area contributed by atoms with Crippen molar-refractivity contribution in [2.75, 3.05) is 85.5 Å². The summed E-state index contributed by atoms with van der Waals surface area (Å²) in [6.07, 6.45) is 0.360. The Kier molecular flexibility index (Phi) is 26.5. The first-order chi connectivity index (χ1) is 36.7. The van der Waals surface area contributed by atoms with Gasteiger partial charge in [0.1, 0.15) is 29.3 Å². The number of halogens is 4. The molecule has 2 aromatic carbocycles. The van der Waals surface area contributed by atoms with Crippen LogP contribution >= 0.6 is 0 Å². The molecule has 7 amide bonds. The van der Waals surface area contributed by atoms with E-state index in [0.717, 1.165) is 18.9 Å². The van der Waals surface area contributed by atoms with E-state index in [1.54, 1.807) is 49.9 Å². The van der Waals surface area contributed by atoms with Gasteiger partial charge in [0, 0.05) is 62.4 Å². The van der Waals surface area contributed by atoms with Crippen LogP contribution < -0.4 is 36.6 Å². The summed E-state index contributed by atoms with van der Waals surface area (Å²) >= 11 is 0. The molecule has 2 unspecified atom stereocenters. The van der Waals surface area contributed by atoms with Gasteiger partial charge in [-0.2, -0.15) is 13.2 Å². The lowest BCUT2D eigenvalue weighted by molar-refractivity contribution is -0.159. The highest BCUT2D eigenvalue weighted by molar-refractivity contribution is 6.07. The summed E-state index contributed by atoms with van der Waals surface area (Å²) in [5, 5.41) is 16.3. The normalized spacial score (nSPS) is 13.3. The van der Waals surface area contributed by atoms with Gasteiger partial charge in [0.15, 0.2) is 6.61 Å². The largest absolute Gasteiger partial charge is 0.484 e. The van der Waals surface area contributed by atoms with Crippen LogP contribution in [0.25, 0.3) is 10.9 Å². The Labute approximate surface area is 443 Å². The zero-order valence-corrected chi connectivity index (χ0v) is 43.6. The quantitative estimate of drug-likeness (QED) is 0.0216. The Morgan fingerprint density at radius 3 is 2.09 bits per heavy atom. The molecule has 3 aromatic rings. The number of carbonyl (C=O) groups excluding carboxylic acids is 8. The minimum Gasteiger partial charge on any atom is -0.484 e. The first kappa shape index (κ1) is 62.5. The van der Waals surface area contributed by atoms with Gasteiger partial charge in [-0.1, -0.05) is 0 Å². The molecule has 0 bridgehead atoms. The smallest absolute Gasteiger partial charge is 0.419 e. The van der Waals surface area contributed by atoms with E-state index in [2.05, 4.69) is 36.9 Å². The Balaban J connectivity index is 1.13. The van der Waals surface area contributed by atoms with Crippen molar-refractivity contribution in [2.45, 2.75) is 102 Å². The van der Waals surface area contributed by atoms with Crippen molar-refractivity contribution in [3.8, 4) is 5.75 Å². The maximum atomic E-state index is 13.7. The highest BCUT2D eigenvalue weighted by Gasteiger charge is 2.35. The van der Waals surface area contributed by atoms with Crippen molar-refractivity contribution in [1.29, 1.82) is 0 Å². The van der Waals surface area contributed by atoms with Gasteiger partial charge in [0.05, 0.1) is 62.8 Å². The molecular weight excluding hydrogens is 1020 g/mol. The van der Waals surface area contributed by atoms with Crippen molar-refractivity contribution in [3.63, 3.8) is 0 Å². The van der Waals surface area contributed by atoms with Crippen LogP contribution in [0.15, 0.2) is 48.7 Å². The number of nitrogens with zero attached hydrogens (tertiary/aromatic N) is 2. The molecule has 0 radical (unpaired) electrons. The van der Waals surface area contributed by atoms with Gasteiger partial charge in [0.2, 0.25) is 24.1 Å². The average Bonchev–Trinajstić information content (AvgIpc) is 3.94. The Hall–Kier alpha value is -6.99. The Bertz CT molecular complexity index is 2440. The van der Waals surface area contributed by atoms with Crippen LogP contribution in [0.2, 0.25) is 0 Å². The first-order valence-corrected chi connectivity index (χ1v) is 25.5. The number of hydrogen-bond acceptors (Lipinski definition) is 14. The van der Waals surface area contributed by atoms with Crippen LogP contribution in [-0.2, 0) is 53.9 Å². The summed E-state index contributed by atoms with van der Waals surface area (Å²) < 4.78 is 81.0. The number of fused-ring (bicyclic) bond motifs is 1. The van der Waals surface area contributed by atoms with Crippen molar-refractivity contribution in [1.82, 2.24) is 41.8 Å². The predicted molar refractivity (Wildman–Crippen MR) is 271 cm³/mol. The fourth-order valence-corrected chi connectivity index (χ4v) is 7.64. The van der Waals surface area contributed by atoms with Crippen LogP contribution in [0.5, 0.6) is 5.75 Å². The maximum absolute atomic E-state index is 13.7. The number of carbonyl (C=O) groups is 8. The minimum absolute atomic E-state index is 0.0297. The van der Waals surface area contributed by atoms with Crippen molar-refractivity contribution in [3.05, 3.63) is 71.2 Å². The van der Waals surface area contributed by atoms with Crippen LogP contribution in [0, 0.1) is 5.82 Å². The molecule has 424 valence electrons. The van der Waals surface area contributed by atoms with Crippen molar-refractivity contribution < 1.29 is 79.6 Å². The van der Waals surface area contributed by atoms with Gasteiger partial charge in [-0.15, -0.1) is 0 Å². The number of unbranched alkanes of at least 4 members (excludes halogenated alkanes) is 2. The molecule has 2 atom stereocenters. The third kappa shape index (κ3) is 23.4. The first-order valence-electron chi connectivity index (χ1n) is 25.5. The number of esters is 1. The van der Waals surface area contributed by atoms with Gasteiger partial charge in [0.25, 0.3) is 17.7 Å². The zero-order valence-electron chi connectivity index (χ0n) is 43.6. The standard InChI is InChI=1S/C52H70F4N8O13/c1-51(2,3)77-50(72)42(11-4-6-18-57-34-65)63-49(71)41(10-5-7-19-60-47(69)35-12-15-40(53)39(30-35)52(54,55)56)62-44(66)17-24-73-26-28-75-29-27-74-25-21-59-45(67)33-76-36-13-14-37-38(16-20-58-43(37)31-36)48(70)61-32-46(68)64-22-8-9-23-64/h12-16,20,30-31,34,41-42H,4-11,17-19,21-29,32-33H2,1-3H3,(H,57,65)(H,59,67)(H,60,69)(H,61,70)(H,62,66)(H,63,71). The summed E-state index contributed by atoms with van der Waals surface area (Å²) in [6, 6.07) is 6.11. The van der Waals surface area contributed by atoms with Crippen LogP contribution in [-0.4, -0.2) is 161 Å². The molecule has 21 nitrogen and oxygen atoms in total. The molecule has 1 aliphatic rings. The molecule has 0 saturated carbocycles. The molecular formula is C52H70F4N8O13. The van der Waals surface area contributed by atoms with E-state index in [0.29, 0.717) is 73.2 Å². The molecule has 1 saturated heterocycles. The van der Waals surface area contributed by atoms with Crippen LogP contribution in [0.4, 0.5) is 17.6 Å². The lowest BCUT2D eigenvalue weighted by atomic mass is 10.1. The number of alkyl halides is 3. The molecule has 2 heterocycles. The highest BCUT2D eigenvalue weighted by atomic mass is 19.4. The van der Waals surface area contributed by atoms with Crippen molar-refractivity contribution >= 4 is 58.7 Å². The molecule has 0 aliphatic carbocycles. The number of benzene rings is 2. The molecule has 4 rings (SSSR count). The van der Waals surface area contributed by atoms with Gasteiger partial charge >= 0.3 is 12.1 Å². The van der Waals surface area contributed by atoms with E-state index in [9.17, 15) is 55.9 Å². The Morgan fingerprint density at radius 1 is 0.727 bits per heavy atom. The van der Waals surface area contributed by atoms with E-state index in [1.807, 2.05) is 0 Å². The van der Waals surface area contributed by atoms with Crippen LogP contribution in [0.1, 0.15) is 105 Å². The van der Waals surface area contributed by atoms with Gasteiger partial charge in [-0.3, -0.25) is 38.5 Å². The van der Waals surface area contributed by atoms with Gasteiger partial charge < -0.3 is 60.5 Å². The average molecular weight is 1090 g/mol. The van der Waals surface area contributed by atoms with E-state index >= 15 is 0 Å². The second kappa shape index (κ2) is 32.6. The topological polar surface area (TPSA) is 271 Å².